The molecule has 2 rings (SSSR count). The number of hydrogen-bond donors (Lipinski definition) is 0. The smallest absolute Gasteiger partial charge is 0.0851 e. The van der Waals surface area contributed by atoms with Crippen LogP contribution in [0.3, 0.4) is 0 Å². The maximum atomic E-state index is 9.20. The first-order chi connectivity index (χ1) is 7.23. The Bertz CT molecular complexity index is 385. The Morgan fingerprint density at radius 1 is 1.40 bits per heavy atom. The predicted molar refractivity (Wildman–Crippen MR) is 61.5 cm³/mol. The van der Waals surface area contributed by atoms with E-state index in [0.29, 0.717) is 5.92 Å². The van der Waals surface area contributed by atoms with Crippen LogP contribution in [-0.4, -0.2) is 0 Å². The summed E-state index contributed by atoms with van der Waals surface area (Å²) in [6, 6.07) is 11.1. The first-order valence-corrected chi connectivity index (χ1v) is 5.73. The number of nitriles is 1. The van der Waals surface area contributed by atoms with Gasteiger partial charge >= 0.3 is 0 Å². The van der Waals surface area contributed by atoms with Gasteiger partial charge in [-0.05, 0) is 29.9 Å². The molecule has 0 amide bonds. The highest BCUT2D eigenvalue weighted by molar-refractivity contribution is 5.41. The van der Waals surface area contributed by atoms with Crippen LogP contribution in [0.25, 0.3) is 0 Å². The average molecular weight is 199 g/mol. The molecule has 0 aromatic heterocycles. The molecule has 2 atom stereocenters. The Balaban J connectivity index is 2.22. The lowest BCUT2D eigenvalue weighted by molar-refractivity contribution is 0.790. The summed E-state index contributed by atoms with van der Waals surface area (Å²) < 4.78 is 0. The van der Waals surface area contributed by atoms with Crippen molar-refractivity contribution in [2.75, 3.05) is 0 Å². The third-order valence-electron chi connectivity index (χ3n) is 3.52. The van der Waals surface area contributed by atoms with Crippen LogP contribution in [0.5, 0.6) is 0 Å². The fourth-order valence-corrected chi connectivity index (χ4v) is 2.30. The summed E-state index contributed by atoms with van der Waals surface area (Å²) in [5.74, 6) is 0.527. The monoisotopic (exact) mass is 199 g/mol. The molecule has 0 bridgehead atoms. The standard InChI is InChI=1S/C14H17N/c1-3-4-12-5-7-13(8-6-12)14(10-15)9-11(14)2/h5-8,11H,3-4,9H2,1-2H3. The molecule has 15 heavy (non-hydrogen) atoms. The zero-order valence-electron chi connectivity index (χ0n) is 9.46. The summed E-state index contributed by atoms with van der Waals surface area (Å²) in [5, 5.41) is 9.20. The fraction of sp³-hybridized carbons (Fsp3) is 0.500. The molecule has 0 heterocycles. The van der Waals surface area contributed by atoms with E-state index in [0.717, 1.165) is 12.8 Å². The summed E-state index contributed by atoms with van der Waals surface area (Å²) in [6.45, 7) is 4.34. The van der Waals surface area contributed by atoms with E-state index >= 15 is 0 Å². The van der Waals surface area contributed by atoms with Gasteiger partial charge in [-0.25, -0.2) is 0 Å². The largest absolute Gasteiger partial charge is 0.197 e. The fourth-order valence-electron chi connectivity index (χ4n) is 2.30. The van der Waals surface area contributed by atoms with Gasteiger partial charge < -0.3 is 0 Å². The molecule has 0 aliphatic heterocycles. The summed E-state index contributed by atoms with van der Waals surface area (Å²) in [4.78, 5) is 0. The lowest BCUT2D eigenvalue weighted by atomic mass is 9.94. The van der Waals surface area contributed by atoms with Crippen LogP contribution in [0.2, 0.25) is 0 Å². The molecular formula is C14H17N. The van der Waals surface area contributed by atoms with E-state index in [-0.39, 0.29) is 5.41 Å². The van der Waals surface area contributed by atoms with Crippen LogP contribution in [-0.2, 0) is 11.8 Å². The van der Waals surface area contributed by atoms with Crippen molar-refractivity contribution < 1.29 is 0 Å². The van der Waals surface area contributed by atoms with Gasteiger partial charge in [0.25, 0.3) is 0 Å². The summed E-state index contributed by atoms with van der Waals surface area (Å²) in [6.07, 6.45) is 3.34. The normalized spacial score (nSPS) is 28.5. The molecular weight excluding hydrogens is 182 g/mol. The van der Waals surface area contributed by atoms with Gasteiger partial charge in [-0.3, -0.25) is 0 Å². The molecule has 0 saturated heterocycles. The maximum Gasteiger partial charge on any atom is 0.0851 e. The second kappa shape index (κ2) is 3.70. The minimum Gasteiger partial charge on any atom is -0.197 e. The van der Waals surface area contributed by atoms with Crippen molar-refractivity contribution in [2.24, 2.45) is 5.92 Å². The minimum atomic E-state index is -0.162. The third kappa shape index (κ3) is 1.65. The van der Waals surface area contributed by atoms with Gasteiger partial charge in [0, 0.05) is 0 Å². The predicted octanol–water partition coefficient (Wildman–Crippen LogP) is 3.44. The van der Waals surface area contributed by atoms with E-state index < -0.39 is 0 Å². The number of nitrogens with zero attached hydrogens (tertiary/aromatic N) is 1. The zero-order valence-corrected chi connectivity index (χ0v) is 9.46. The van der Waals surface area contributed by atoms with E-state index in [1.165, 1.54) is 17.5 Å². The third-order valence-corrected chi connectivity index (χ3v) is 3.52. The maximum absolute atomic E-state index is 9.20. The summed E-state index contributed by atoms with van der Waals surface area (Å²) in [5.41, 5.74) is 2.42. The van der Waals surface area contributed by atoms with Crippen LogP contribution < -0.4 is 0 Å². The highest BCUT2D eigenvalue weighted by atomic mass is 14.6. The molecule has 2 unspecified atom stereocenters. The van der Waals surface area contributed by atoms with Gasteiger partial charge in [-0.15, -0.1) is 0 Å². The number of rotatable bonds is 3. The van der Waals surface area contributed by atoms with Crippen LogP contribution in [0.4, 0.5) is 0 Å². The lowest BCUT2D eigenvalue weighted by Gasteiger charge is -2.08. The Morgan fingerprint density at radius 2 is 2.00 bits per heavy atom. The molecule has 1 aliphatic carbocycles. The molecule has 1 aromatic carbocycles. The molecule has 1 aromatic rings. The SMILES string of the molecule is CCCc1ccc(C2(C#N)CC2C)cc1. The van der Waals surface area contributed by atoms with Crippen molar-refractivity contribution in [1.29, 1.82) is 5.26 Å². The Kier molecular flexibility index (Phi) is 2.52. The Hall–Kier alpha value is -1.29. The first-order valence-electron chi connectivity index (χ1n) is 5.73. The highest BCUT2D eigenvalue weighted by Crippen LogP contribution is 2.53. The molecule has 1 aliphatic rings. The van der Waals surface area contributed by atoms with Gasteiger partial charge in [0.1, 0.15) is 0 Å². The average Bonchev–Trinajstić information content (AvgIpc) is 2.92. The molecule has 1 fully saturated rings. The van der Waals surface area contributed by atoms with Crippen LogP contribution in [0.15, 0.2) is 24.3 Å². The van der Waals surface area contributed by atoms with E-state index in [2.05, 4.69) is 44.2 Å². The van der Waals surface area contributed by atoms with Crippen LogP contribution >= 0.6 is 0 Å². The van der Waals surface area contributed by atoms with Gasteiger partial charge in [0.05, 0.1) is 11.5 Å². The first kappa shape index (κ1) is 10.2. The molecule has 0 radical (unpaired) electrons. The quantitative estimate of drug-likeness (QED) is 0.731. The summed E-state index contributed by atoms with van der Waals surface area (Å²) >= 11 is 0. The number of aryl methyl sites for hydroxylation is 1. The summed E-state index contributed by atoms with van der Waals surface area (Å²) in [7, 11) is 0. The van der Waals surface area contributed by atoms with Crippen molar-refractivity contribution in [3.63, 3.8) is 0 Å². The van der Waals surface area contributed by atoms with Gasteiger partial charge in [-0.1, -0.05) is 44.5 Å². The van der Waals surface area contributed by atoms with E-state index in [4.69, 9.17) is 0 Å². The molecule has 78 valence electrons. The number of benzene rings is 1. The van der Waals surface area contributed by atoms with E-state index in [1.54, 1.807) is 0 Å². The van der Waals surface area contributed by atoms with Gasteiger partial charge in [-0.2, -0.15) is 5.26 Å². The highest BCUT2D eigenvalue weighted by Gasteiger charge is 2.53. The van der Waals surface area contributed by atoms with Gasteiger partial charge in [0.2, 0.25) is 0 Å². The second-order valence-electron chi connectivity index (χ2n) is 4.64. The molecule has 1 heteroatoms. The van der Waals surface area contributed by atoms with Crippen molar-refractivity contribution in [3.8, 4) is 6.07 Å². The number of hydrogen-bond acceptors (Lipinski definition) is 1. The van der Waals surface area contributed by atoms with Crippen molar-refractivity contribution in [1.82, 2.24) is 0 Å². The zero-order chi connectivity index (χ0) is 10.9. The molecule has 1 nitrogen and oxygen atoms in total. The molecule has 0 spiro atoms. The van der Waals surface area contributed by atoms with Crippen LogP contribution in [0, 0.1) is 17.2 Å². The van der Waals surface area contributed by atoms with E-state index in [1.807, 2.05) is 0 Å². The Morgan fingerprint density at radius 3 is 2.40 bits per heavy atom. The van der Waals surface area contributed by atoms with Crippen molar-refractivity contribution >= 4 is 0 Å². The van der Waals surface area contributed by atoms with Crippen LogP contribution in [0.1, 0.15) is 37.8 Å². The second-order valence-corrected chi connectivity index (χ2v) is 4.64. The molecule has 1 saturated carbocycles. The minimum absolute atomic E-state index is 0.162. The van der Waals surface area contributed by atoms with E-state index in [9.17, 15) is 5.26 Å². The molecule has 0 N–H and O–H groups in total. The van der Waals surface area contributed by atoms with Gasteiger partial charge in [0.15, 0.2) is 0 Å². The van der Waals surface area contributed by atoms with Crippen molar-refractivity contribution in [2.45, 2.75) is 38.5 Å². The topological polar surface area (TPSA) is 23.8 Å². The Labute approximate surface area is 91.7 Å². The lowest BCUT2D eigenvalue weighted by Crippen LogP contribution is -2.05. The van der Waals surface area contributed by atoms with Crippen molar-refractivity contribution in [3.05, 3.63) is 35.4 Å².